The minimum atomic E-state index is -0.429. The molecule has 1 aliphatic rings. The van der Waals surface area contributed by atoms with E-state index in [1.807, 2.05) is 20.8 Å². The van der Waals surface area contributed by atoms with Crippen molar-refractivity contribution >= 4 is 6.09 Å². The van der Waals surface area contributed by atoms with Gasteiger partial charge < -0.3 is 15.4 Å². The molecule has 0 saturated heterocycles. The number of rotatable bonds is 8. The summed E-state index contributed by atoms with van der Waals surface area (Å²) in [6.45, 7) is 9.62. The van der Waals surface area contributed by atoms with Crippen LogP contribution in [0.3, 0.4) is 0 Å². The molecule has 0 aromatic heterocycles. The van der Waals surface area contributed by atoms with E-state index in [2.05, 4.69) is 17.6 Å². The highest BCUT2D eigenvalue weighted by Crippen LogP contribution is 2.27. The van der Waals surface area contributed by atoms with Gasteiger partial charge in [0.15, 0.2) is 0 Å². The van der Waals surface area contributed by atoms with Crippen molar-refractivity contribution in [3.8, 4) is 0 Å². The van der Waals surface area contributed by atoms with Crippen molar-refractivity contribution in [2.45, 2.75) is 84.3 Å². The molecule has 0 heterocycles. The SMILES string of the molecule is CCCCCNC(CNC(=O)OC(C)(C)C)C1CCCC1. The molecule has 2 N–H and O–H groups in total. The van der Waals surface area contributed by atoms with Gasteiger partial charge in [0.2, 0.25) is 0 Å². The van der Waals surface area contributed by atoms with Crippen molar-refractivity contribution < 1.29 is 9.53 Å². The quantitative estimate of drug-likeness (QED) is 0.669. The molecule has 1 aliphatic carbocycles. The average Bonchev–Trinajstić information content (AvgIpc) is 2.89. The van der Waals surface area contributed by atoms with Crippen LogP contribution in [0.4, 0.5) is 4.79 Å². The number of ether oxygens (including phenoxy) is 1. The topological polar surface area (TPSA) is 50.4 Å². The van der Waals surface area contributed by atoms with Crippen molar-refractivity contribution in [2.75, 3.05) is 13.1 Å². The fourth-order valence-electron chi connectivity index (χ4n) is 2.94. The minimum absolute atomic E-state index is 0.305. The van der Waals surface area contributed by atoms with Gasteiger partial charge in [-0.3, -0.25) is 0 Å². The third-order valence-electron chi connectivity index (χ3n) is 4.02. The standard InChI is InChI=1S/C17H34N2O2/c1-5-6-9-12-18-15(14-10-7-8-11-14)13-19-16(20)21-17(2,3)4/h14-15,18H,5-13H2,1-4H3,(H,19,20). The Hall–Kier alpha value is -0.770. The Morgan fingerprint density at radius 2 is 1.90 bits per heavy atom. The summed E-state index contributed by atoms with van der Waals surface area (Å²) in [5, 5.41) is 6.58. The minimum Gasteiger partial charge on any atom is -0.444 e. The summed E-state index contributed by atoms with van der Waals surface area (Å²) < 4.78 is 5.32. The summed E-state index contributed by atoms with van der Waals surface area (Å²) in [5.74, 6) is 0.696. The molecule has 4 heteroatoms. The summed E-state index contributed by atoms with van der Waals surface area (Å²) >= 11 is 0. The highest BCUT2D eigenvalue weighted by atomic mass is 16.6. The normalized spacial score (nSPS) is 17.7. The van der Waals surface area contributed by atoms with E-state index in [0.717, 1.165) is 6.54 Å². The van der Waals surface area contributed by atoms with E-state index in [4.69, 9.17) is 4.74 Å². The van der Waals surface area contributed by atoms with E-state index >= 15 is 0 Å². The highest BCUT2D eigenvalue weighted by molar-refractivity contribution is 5.67. The molecular formula is C17H34N2O2. The van der Waals surface area contributed by atoms with E-state index in [1.165, 1.54) is 44.9 Å². The van der Waals surface area contributed by atoms with Gasteiger partial charge in [0, 0.05) is 12.6 Å². The third kappa shape index (κ3) is 8.30. The van der Waals surface area contributed by atoms with Gasteiger partial charge in [-0.1, -0.05) is 32.6 Å². The molecule has 0 aromatic rings. The summed E-state index contributed by atoms with van der Waals surface area (Å²) in [6.07, 6.45) is 8.63. The Labute approximate surface area is 130 Å². The van der Waals surface area contributed by atoms with Crippen LogP contribution in [0.2, 0.25) is 0 Å². The molecule has 1 unspecified atom stereocenters. The van der Waals surface area contributed by atoms with E-state index in [0.29, 0.717) is 18.5 Å². The molecule has 1 rings (SSSR count). The molecule has 1 amide bonds. The molecule has 21 heavy (non-hydrogen) atoms. The number of alkyl carbamates (subject to hydrolysis) is 1. The zero-order chi connectivity index (χ0) is 15.7. The lowest BCUT2D eigenvalue weighted by Gasteiger charge is -2.26. The van der Waals surface area contributed by atoms with Gasteiger partial charge in [-0.15, -0.1) is 0 Å². The monoisotopic (exact) mass is 298 g/mol. The first-order chi connectivity index (χ1) is 9.92. The van der Waals surface area contributed by atoms with Gasteiger partial charge in [-0.25, -0.2) is 4.79 Å². The Morgan fingerprint density at radius 3 is 2.48 bits per heavy atom. The van der Waals surface area contributed by atoms with Crippen molar-refractivity contribution in [1.29, 1.82) is 0 Å². The van der Waals surface area contributed by atoms with Crippen LogP contribution in [0.1, 0.15) is 72.6 Å². The van der Waals surface area contributed by atoms with E-state index in [-0.39, 0.29) is 6.09 Å². The van der Waals surface area contributed by atoms with Gasteiger partial charge in [0.1, 0.15) is 5.60 Å². The summed E-state index contributed by atoms with van der Waals surface area (Å²) in [5.41, 5.74) is -0.429. The van der Waals surface area contributed by atoms with Crippen molar-refractivity contribution in [3.05, 3.63) is 0 Å². The zero-order valence-electron chi connectivity index (χ0n) is 14.3. The second kappa shape index (κ2) is 9.29. The van der Waals surface area contributed by atoms with Gasteiger partial charge >= 0.3 is 6.09 Å². The fraction of sp³-hybridized carbons (Fsp3) is 0.941. The molecule has 1 saturated carbocycles. The lowest BCUT2D eigenvalue weighted by Crippen LogP contribution is -2.46. The van der Waals surface area contributed by atoms with Gasteiger partial charge in [0.25, 0.3) is 0 Å². The lowest BCUT2D eigenvalue weighted by atomic mass is 9.98. The number of carbonyl (C=O) groups is 1. The van der Waals surface area contributed by atoms with Crippen LogP contribution >= 0.6 is 0 Å². The van der Waals surface area contributed by atoms with Crippen LogP contribution in [-0.4, -0.2) is 30.8 Å². The lowest BCUT2D eigenvalue weighted by molar-refractivity contribution is 0.0518. The zero-order valence-corrected chi connectivity index (χ0v) is 14.3. The fourth-order valence-corrected chi connectivity index (χ4v) is 2.94. The average molecular weight is 298 g/mol. The second-order valence-electron chi connectivity index (χ2n) is 7.20. The largest absolute Gasteiger partial charge is 0.444 e. The van der Waals surface area contributed by atoms with Crippen molar-refractivity contribution in [1.82, 2.24) is 10.6 Å². The first kappa shape index (κ1) is 18.3. The van der Waals surface area contributed by atoms with E-state index < -0.39 is 5.60 Å². The molecule has 0 bridgehead atoms. The molecule has 1 fully saturated rings. The molecule has 0 aliphatic heterocycles. The first-order valence-corrected chi connectivity index (χ1v) is 8.62. The number of nitrogens with one attached hydrogen (secondary N) is 2. The molecule has 0 aromatic carbocycles. The third-order valence-corrected chi connectivity index (χ3v) is 4.02. The van der Waals surface area contributed by atoms with Crippen LogP contribution in [0.15, 0.2) is 0 Å². The molecule has 0 radical (unpaired) electrons. The molecule has 1 atom stereocenters. The van der Waals surface area contributed by atoms with Crippen LogP contribution in [0, 0.1) is 5.92 Å². The molecule has 124 valence electrons. The first-order valence-electron chi connectivity index (χ1n) is 8.62. The van der Waals surface area contributed by atoms with E-state index in [9.17, 15) is 4.79 Å². The Balaban J connectivity index is 2.35. The maximum atomic E-state index is 11.8. The Bertz CT molecular complexity index is 294. The van der Waals surface area contributed by atoms with Crippen LogP contribution in [0.25, 0.3) is 0 Å². The number of carbonyl (C=O) groups excluding carboxylic acids is 1. The highest BCUT2D eigenvalue weighted by Gasteiger charge is 2.25. The summed E-state index contributed by atoms with van der Waals surface area (Å²) in [6, 6.07) is 0.386. The molecule has 4 nitrogen and oxygen atoms in total. The predicted octanol–water partition coefficient (Wildman–Crippen LogP) is 3.85. The maximum Gasteiger partial charge on any atom is 0.407 e. The Kier molecular flexibility index (Phi) is 8.09. The summed E-state index contributed by atoms with van der Waals surface area (Å²) in [4.78, 5) is 11.8. The second-order valence-corrected chi connectivity index (χ2v) is 7.20. The van der Waals surface area contributed by atoms with E-state index in [1.54, 1.807) is 0 Å². The smallest absolute Gasteiger partial charge is 0.407 e. The van der Waals surface area contributed by atoms with Crippen LogP contribution in [0.5, 0.6) is 0 Å². The van der Waals surface area contributed by atoms with Gasteiger partial charge in [-0.2, -0.15) is 0 Å². The number of amides is 1. The van der Waals surface area contributed by atoms with Gasteiger partial charge in [0.05, 0.1) is 0 Å². The number of unbranched alkanes of at least 4 members (excludes halogenated alkanes) is 2. The molecule has 0 spiro atoms. The number of hydrogen-bond acceptors (Lipinski definition) is 3. The van der Waals surface area contributed by atoms with Crippen LogP contribution in [-0.2, 0) is 4.74 Å². The van der Waals surface area contributed by atoms with Gasteiger partial charge in [-0.05, 0) is 52.5 Å². The molecular weight excluding hydrogens is 264 g/mol. The maximum absolute atomic E-state index is 11.8. The Morgan fingerprint density at radius 1 is 1.24 bits per heavy atom. The predicted molar refractivity (Wildman–Crippen MR) is 87.5 cm³/mol. The van der Waals surface area contributed by atoms with Crippen LogP contribution < -0.4 is 10.6 Å². The van der Waals surface area contributed by atoms with Crippen molar-refractivity contribution in [3.63, 3.8) is 0 Å². The number of hydrogen-bond donors (Lipinski definition) is 2. The van der Waals surface area contributed by atoms with Crippen molar-refractivity contribution in [2.24, 2.45) is 5.92 Å². The summed E-state index contributed by atoms with van der Waals surface area (Å²) in [7, 11) is 0.